The van der Waals surface area contributed by atoms with Gasteiger partial charge < -0.3 is 4.57 Å². The van der Waals surface area contributed by atoms with Crippen molar-refractivity contribution in [3.8, 4) is 16.8 Å². The Bertz CT molecular complexity index is 2790. The lowest BCUT2D eigenvalue weighted by Gasteiger charge is -2.11. The Morgan fingerprint density at radius 1 is 0.549 bits per heavy atom. The van der Waals surface area contributed by atoms with Gasteiger partial charge in [-0.05, 0) is 59.8 Å². The highest BCUT2D eigenvalue weighted by atomic mass is 32.1. The van der Waals surface area contributed by atoms with Gasteiger partial charge in [0, 0.05) is 47.8 Å². The monoisotopic (exact) mass is 672 g/mol. The maximum absolute atomic E-state index is 4.99. The molecule has 0 spiro atoms. The van der Waals surface area contributed by atoms with Gasteiger partial charge in [-0.1, -0.05) is 133 Å². The molecule has 7 aromatic carbocycles. The van der Waals surface area contributed by atoms with E-state index < -0.39 is 0 Å². The predicted molar refractivity (Wildman–Crippen MR) is 218 cm³/mol. The van der Waals surface area contributed by atoms with Crippen LogP contribution in [0.25, 0.3) is 58.8 Å². The summed E-state index contributed by atoms with van der Waals surface area (Å²) in [6.45, 7) is 4.42. The van der Waals surface area contributed by atoms with Gasteiger partial charge in [-0.15, -0.1) is 11.3 Å². The maximum atomic E-state index is 4.99. The molecule has 0 atom stereocenters. The zero-order valence-electron chi connectivity index (χ0n) is 27.8. The Kier molecular flexibility index (Phi) is 7.88. The molecule has 0 bridgehead atoms. The number of aromatic nitrogens is 1. The van der Waals surface area contributed by atoms with Gasteiger partial charge in [0.15, 0.2) is 11.7 Å². The maximum Gasteiger partial charge on any atom is 0.161 e. The number of rotatable bonds is 6. The van der Waals surface area contributed by atoms with Crippen molar-refractivity contribution in [3.05, 3.63) is 187 Å². The second kappa shape index (κ2) is 13.1. The van der Waals surface area contributed by atoms with Crippen LogP contribution in [0.2, 0.25) is 0 Å². The van der Waals surface area contributed by atoms with Gasteiger partial charge in [0.05, 0.1) is 17.6 Å². The molecule has 5 heteroatoms. The average Bonchev–Trinajstić information content (AvgIpc) is 3.75. The molecule has 242 valence electrons. The van der Waals surface area contributed by atoms with Crippen LogP contribution < -0.4 is 0 Å². The highest BCUT2D eigenvalue weighted by Gasteiger charge is 2.18. The highest BCUT2D eigenvalue weighted by Crippen LogP contribution is 2.43. The van der Waals surface area contributed by atoms with Crippen LogP contribution in [-0.2, 0) is 6.54 Å². The van der Waals surface area contributed by atoms with Gasteiger partial charge in [0.1, 0.15) is 0 Å². The first kappa shape index (κ1) is 30.6. The molecule has 0 fully saturated rings. The Balaban J connectivity index is 1.13. The lowest BCUT2D eigenvalue weighted by molar-refractivity contribution is 1.06. The summed E-state index contributed by atoms with van der Waals surface area (Å²) in [5.41, 5.74) is 8.60. The van der Waals surface area contributed by atoms with E-state index in [-0.39, 0.29) is 0 Å². The van der Waals surface area contributed by atoms with Crippen LogP contribution in [0.5, 0.6) is 0 Å². The molecule has 9 aromatic rings. The molecule has 0 saturated heterocycles. The first-order chi connectivity index (χ1) is 25.2. The Morgan fingerprint density at radius 2 is 1.24 bits per heavy atom. The molecule has 0 amide bonds. The van der Waals surface area contributed by atoms with Crippen molar-refractivity contribution in [1.82, 2.24) is 4.57 Å². The molecule has 0 aliphatic rings. The Morgan fingerprint density at radius 3 is 2.06 bits per heavy atom. The smallest absolute Gasteiger partial charge is 0.161 e. The van der Waals surface area contributed by atoms with E-state index in [2.05, 4.69) is 132 Å². The number of para-hydroxylation sites is 1. The molecular formula is C46H32N4S. The first-order valence-corrected chi connectivity index (χ1v) is 17.8. The van der Waals surface area contributed by atoms with E-state index in [1.54, 1.807) is 0 Å². The van der Waals surface area contributed by atoms with Gasteiger partial charge in [0.2, 0.25) is 0 Å². The van der Waals surface area contributed by atoms with Crippen molar-refractivity contribution in [3.63, 3.8) is 0 Å². The predicted octanol–water partition coefficient (Wildman–Crippen LogP) is 11.9. The Labute approximate surface area is 300 Å². The third-order valence-corrected chi connectivity index (χ3v) is 10.6. The average molecular weight is 673 g/mol. The lowest BCUT2D eigenvalue weighted by atomic mass is 10.0. The SMILES string of the molecule is C=NC(=NC(=NCc1ccccc1)c1ccccc1)c1cccc(-c2cccc(-n3c4ccccc4c4c5sc6ccccc6c5ccc43)c2)c1. The van der Waals surface area contributed by atoms with Crippen LogP contribution in [-0.4, -0.2) is 23.0 Å². The van der Waals surface area contributed by atoms with E-state index in [0.29, 0.717) is 18.2 Å². The third-order valence-electron chi connectivity index (χ3n) is 9.39. The highest BCUT2D eigenvalue weighted by molar-refractivity contribution is 7.26. The first-order valence-electron chi connectivity index (χ1n) is 17.0. The van der Waals surface area contributed by atoms with E-state index >= 15 is 0 Å². The second-order valence-corrected chi connectivity index (χ2v) is 13.6. The molecule has 51 heavy (non-hydrogen) atoms. The van der Waals surface area contributed by atoms with Crippen LogP contribution in [0.4, 0.5) is 0 Å². The van der Waals surface area contributed by atoms with Crippen molar-refractivity contribution in [2.24, 2.45) is 15.0 Å². The summed E-state index contributed by atoms with van der Waals surface area (Å²) in [7, 11) is 0. The van der Waals surface area contributed by atoms with E-state index in [9.17, 15) is 0 Å². The molecular weight excluding hydrogens is 641 g/mol. The summed E-state index contributed by atoms with van der Waals surface area (Å²) < 4.78 is 5.04. The van der Waals surface area contributed by atoms with Crippen molar-refractivity contribution in [1.29, 1.82) is 0 Å². The van der Waals surface area contributed by atoms with E-state index in [1.807, 2.05) is 65.9 Å². The van der Waals surface area contributed by atoms with Gasteiger partial charge in [-0.2, -0.15) is 0 Å². The molecule has 9 rings (SSSR count). The fraction of sp³-hybridized carbons (Fsp3) is 0.0217. The number of amidine groups is 2. The van der Waals surface area contributed by atoms with Crippen LogP contribution in [0.15, 0.2) is 185 Å². The topological polar surface area (TPSA) is 42.0 Å². The number of aliphatic imine (C=N–C) groups is 3. The van der Waals surface area contributed by atoms with Crippen molar-refractivity contribution in [2.45, 2.75) is 6.54 Å². The molecule has 2 aromatic heterocycles. The molecule has 0 unspecified atom stereocenters. The quantitative estimate of drug-likeness (QED) is 0.125. The number of thiophene rings is 1. The minimum atomic E-state index is 0.517. The fourth-order valence-corrected chi connectivity index (χ4v) is 8.25. The summed E-state index contributed by atoms with van der Waals surface area (Å²) in [6, 6.07) is 59.4. The summed E-state index contributed by atoms with van der Waals surface area (Å²) in [5, 5.41) is 5.19. The Hall–Kier alpha value is -6.43. The zero-order chi connectivity index (χ0) is 34.1. The fourth-order valence-electron chi connectivity index (χ4n) is 7.00. The van der Waals surface area contributed by atoms with E-state index in [4.69, 9.17) is 9.98 Å². The standard InChI is InChI=1S/C46H32N4S/c1-47-45(49-46(32-16-6-3-7-17-32)48-30-31-14-4-2-5-15-31)35-20-12-18-33(28-35)34-19-13-21-36(29-34)50-40-24-10-8-23-39(40)43-41(50)27-26-38-37-22-9-11-25-42(37)51-44(38)43/h2-29H,1,30H2. The van der Waals surface area contributed by atoms with Gasteiger partial charge in [-0.25, -0.2) is 9.98 Å². The largest absolute Gasteiger partial charge is 0.309 e. The molecule has 0 aliphatic carbocycles. The minimum absolute atomic E-state index is 0.517. The number of benzene rings is 7. The summed E-state index contributed by atoms with van der Waals surface area (Å²) in [5.74, 6) is 1.15. The van der Waals surface area contributed by atoms with Crippen molar-refractivity contribution >= 4 is 71.7 Å². The molecule has 4 nitrogen and oxygen atoms in total. The summed E-state index contributed by atoms with van der Waals surface area (Å²) in [4.78, 5) is 14.3. The zero-order valence-corrected chi connectivity index (χ0v) is 28.6. The van der Waals surface area contributed by atoms with Crippen LogP contribution in [0, 0.1) is 0 Å². The van der Waals surface area contributed by atoms with Crippen molar-refractivity contribution in [2.75, 3.05) is 0 Å². The molecule has 0 radical (unpaired) electrons. The minimum Gasteiger partial charge on any atom is -0.309 e. The van der Waals surface area contributed by atoms with Crippen LogP contribution in [0.3, 0.4) is 0 Å². The van der Waals surface area contributed by atoms with Gasteiger partial charge in [-0.3, -0.25) is 4.99 Å². The normalized spacial score (nSPS) is 12.3. The molecule has 0 N–H and O–H groups in total. The molecule has 2 heterocycles. The number of fused-ring (bicyclic) bond motifs is 7. The van der Waals surface area contributed by atoms with Crippen molar-refractivity contribution < 1.29 is 0 Å². The van der Waals surface area contributed by atoms with Gasteiger partial charge >= 0.3 is 0 Å². The van der Waals surface area contributed by atoms with Crippen LogP contribution in [0.1, 0.15) is 16.7 Å². The van der Waals surface area contributed by atoms with Crippen LogP contribution >= 0.6 is 11.3 Å². The molecule has 0 saturated carbocycles. The van der Waals surface area contributed by atoms with Gasteiger partial charge in [0.25, 0.3) is 0 Å². The third kappa shape index (κ3) is 5.64. The molecule has 0 aliphatic heterocycles. The second-order valence-electron chi connectivity index (χ2n) is 12.5. The number of nitrogens with zero attached hydrogens (tertiary/aromatic N) is 4. The van der Waals surface area contributed by atoms with E-state index in [1.165, 1.54) is 42.0 Å². The summed E-state index contributed by atoms with van der Waals surface area (Å²) >= 11 is 1.88. The number of hydrogen-bond acceptors (Lipinski definition) is 2. The van der Waals surface area contributed by atoms with E-state index in [0.717, 1.165) is 33.5 Å². The number of hydrogen-bond donors (Lipinski definition) is 0. The lowest BCUT2D eigenvalue weighted by Crippen LogP contribution is -2.05. The summed E-state index contributed by atoms with van der Waals surface area (Å²) in [6.07, 6.45) is 0.